The quantitative estimate of drug-likeness (QED) is 0.624. The highest BCUT2D eigenvalue weighted by Crippen LogP contribution is 2.31. The SMILES string of the molecule is CCOC(=O)N/N=C(\C)c1cc(Br)cc(Br)c1O. The number of carbonyl (C=O) groups is 1. The third kappa shape index (κ3) is 3.99. The van der Waals surface area contributed by atoms with Crippen molar-refractivity contribution in [2.24, 2.45) is 5.10 Å². The molecule has 0 heterocycles. The van der Waals surface area contributed by atoms with Gasteiger partial charge in [0, 0.05) is 10.0 Å². The average molecular weight is 380 g/mol. The fourth-order valence-corrected chi connectivity index (χ4v) is 2.42. The van der Waals surface area contributed by atoms with E-state index in [1.54, 1.807) is 26.0 Å². The number of hydrogen-bond donors (Lipinski definition) is 2. The third-order valence-electron chi connectivity index (χ3n) is 2.01. The zero-order valence-electron chi connectivity index (χ0n) is 9.83. The number of nitrogens with zero attached hydrogens (tertiary/aromatic N) is 1. The Morgan fingerprint density at radius 2 is 2.17 bits per heavy atom. The lowest BCUT2D eigenvalue weighted by Gasteiger charge is -2.07. The summed E-state index contributed by atoms with van der Waals surface area (Å²) in [6.07, 6.45) is -0.634. The second kappa shape index (κ2) is 6.75. The zero-order chi connectivity index (χ0) is 13.7. The molecule has 1 aromatic rings. The van der Waals surface area contributed by atoms with Crippen molar-refractivity contribution in [3.05, 3.63) is 26.6 Å². The third-order valence-corrected chi connectivity index (χ3v) is 3.07. The van der Waals surface area contributed by atoms with Crippen LogP contribution >= 0.6 is 31.9 Å². The van der Waals surface area contributed by atoms with Crippen LogP contribution in [0.3, 0.4) is 0 Å². The second-order valence-corrected chi connectivity index (χ2v) is 5.08. The predicted octanol–water partition coefficient (Wildman–Crippen LogP) is 3.39. The van der Waals surface area contributed by atoms with E-state index in [1.165, 1.54) is 0 Å². The normalized spacial score (nSPS) is 11.2. The van der Waals surface area contributed by atoms with Gasteiger partial charge in [-0.25, -0.2) is 10.2 Å². The summed E-state index contributed by atoms with van der Waals surface area (Å²) >= 11 is 6.54. The van der Waals surface area contributed by atoms with Crippen molar-refractivity contribution in [1.82, 2.24) is 5.43 Å². The molecule has 98 valence electrons. The molecule has 0 aliphatic heterocycles. The van der Waals surface area contributed by atoms with Crippen molar-refractivity contribution in [2.45, 2.75) is 13.8 Å². The molecule has 18 heavy (non-hydrogen) atoms. The number of aromatic hydroxyl groups is 1. The number of hydrazone groups is 1. The molecule has 0 saturated heterocycles. The number of rotatable bonds is 3. The molecule has 1 rings (SSSR count). The molecule has 0 spiro atoms. The van der Waals surface area contributed by atoms with Crippen LogP contribution in [-0.4, -0.2) is 23.5 Å². The molecule has 0 unspecified atom stereocenters. The van der Waals surface area contributed by atoms with E-state index in [0.717, 1.165) is 4.47 Å². The van der Waals surface area contributed by atoms with Crippen LogP contribution in [0.5, 0.6) is 5.75 Å². The minimum absolute atomic E-state index is 0.0603. The average Bonchev–Trinajstić information content (AvgIpc) is 2.31. The Bertz CT molecular complexity index is 489. The highest BCUT2D eigenvalue weighted by Gasteiger charge is 2.10. The number of ether oxygens (including phenoxy) is 1. The van der Waals surface area contributed by atoms with Crippen LogP contribution in [0.1, 0.15) is 19.4 Å². The number of nitrogens with one attached hydrogen (secondary N) is 1. The van der Waals surface area contributed by atoms with Gasteiger partial charge in [-0.1, -0.05) is 15.9 Å². The lowest BCUT2D eigenvalue weighted by atomic mass is 10.1. The van der Waals surface area contributed by atoms with Gasteiger partial charge in [-0.2, -0.15) is 5.10 Å². The van der Waals surface area contributed by atoms with E-state index >= 15 is 0 Å². The van der Waals surface area contributed by atoms with Crippen molar-refractivity contribution in [1.29, 1.82) is 0 Å². The fraction of sp³-hybridized carbons (Fsp3) is 0.273. The summed E-state index contributed by atoms with van der Waals surface area (Å²) in [5, 5.41) is 13.7. The summed E-state index contributed by atoms with van der Waals surface area (Å²) < 4.78 is 5.99. The Morgan fingerprint density at radius 1 is 1.50 bits per heavy atom. The van der Waals surface area contributed by atoms with Gasteiger partial charge >= 0.3 is 6.09 Å². The Hall–Kier alpha value is -1.08. The van der Waals surface area contributed by atoms with Gasteiger partial charge in [0.25, 0.3) is 0 Å². The van der Waals surface area contributed by atoms with Gasteiger partial charge in [0.1, 0.15) is 5.75 Å². The minimum Gasteiger partial charge on any atom is -0.506 e. The maximum atomic E-state index is 11.1. The number of carbonyl (C=O) groups excluding carboxylic acids is 1. The molecule has 5 nitrogen and oxygen atoms in total. The topological polar surface area (TPSA) is 70.9 Å². The van der Waals surface area contributed by atoms with E-state index in [1.807, 2.05) is 0 Å². The molecule has 0 atom stereocenters. The molecule has 0 radical (unpaired) electrons. The first-order valence-electron chi connectivity index (χ1n) is 5.11. The first-order valence-corrected chi connectivity index (χ1v) is 6.69. The Kier molecular flexibility index (Phi) is 5.61. The van der Waals surface area contributed by atoms with Crippen LogP contribution in [0, 0.1) is 0 Å². The molecule has 0 aliphatic rings. The van der Waals surface area contributed by atoms with Gasteiger partial charge in [-0.05, 0) is 41.9 Å². The van der Waals surface area contributed by atoms with E-state index in [-0.39, 0.29) is 12.4 Å². The van der Waals surface area contributed by atoms with Gasteiger partial charge in [-0.15, -0.1) is 0 Å². The molecule has 0 aromatic heterocycles. The number of amides is 1. The maximum Gasteiger partial charge on any atom is 0.427 e. The van der Waals surface area contributed by atoms with Gasteiger partial charge in [0.05, 0.1) is 16.8 Å². The van der Waals surface area contributed by atoms with Crippen LogP contribution in [0.4, 0.5) is 4.79 Å². The Morgan fingerprint density at radius 3 is 2.78 bits per heavy atom. The lowest BCUT2D eigenvalue weighted by Crippen LogP contribution is -2.20. The van der Waals surface area contributed by atoms with Gasteiger partial charge < -0.3 is 9.84 Å². The van der Waals surface area contributed by atoms with Crippen molar-refractivity contribution in [3.8, 4) is 5.75 Å². The van der Waals surface area contributed by atoms with Crippen LogP contribution in [0.15, 0.2) is 26.2 Å². The number of halogens is 2. The summed E-state index contributed by atoms with van der Waals surface area (Å²) in [7, 11) is 0. The van der Waals surface area contributed by atoms with Crippen molar-refractivity contribution >= 4 is 43.7 Å². The molecular weight excluding hydrogens is 368 g/mol. The monoisotopic (exact) mass is 378 g/mol. The molecule has 0 saturated carbocycles. The van der Waals surface area contributed by atoms with Gasteiger partial charge in [-0.3, -0.25) is 0 Å². The van der Waals surface area contributed by atoms with E-state index in [4.69, 9.17) is 0 Å². The molecular formula is C11H12Br2N2O3. The molecule has 7 heteroatoms. The van der Waals surface area contributed by atoms with Crippen LogP contribution in [0.25, 0.3) is 0 Å². The predicted molar refractivity (Wildman–Crippen MR) is 75.9 cm³/mol. The van der Waals surface area contributed by atoms with Crippen molar-refractivity contribution in [3.63, 3.8) is 0 Å². The highest BCUT2D eigenvalue weighted by atomic mass is 79.9. The largest absolute Gasteiger partial charge is 0.506 e. The van der Waals surface area contributed by atoms with Gasteiger partial charge in [0.2, 0.25) is 0 Å². The fourth-order valence-electron chi connectivity index (χ4n) is 1.19. The summed E-state index contributed by atoms with van der Waals surface area (Å²) in [6, 6.07) is 3.41. The van der Waals surface area contributed by atoms with E-state index in [2.05, 4.69) is 47.1 Å². The van der Waals surface area contributed by atoms with E-state index in [9.17, 15) is 9.90 Å². The molecule has 1 aromatic carbocycles. The standard InChI is InChI=1S/C11H12Br2N2O3/c1-3-18-11(17)15-14-6(2)8-4-7(12)5-9(13)10(8)16/h4-5,16H,3H2,1-2H3,(H,15,17)/b14-6+. The first kappa shape index (κ1) is 15.0. The van der Waals surface area contributed by atoms with Crippen molar-refractivity contribution in [2.75, 3.05) is 6.61 Å². The van der Waals surface area contributed by atoms with E-state index in [0.29, 0.717) is 15.7 Å². The molecule has 1 amide bonds. The summed E-state index contributed by atoms with van der Waals surface area (Å²) in [5.41, 5.74) is 3.20. The number of benzene rings is 1. The minimum atomic E-state index is -0.634. The molecule has 0 fully saturated rings. The van der Waals surface area contributed by atoms with Crippen LogP contribution < -0.4 is 5.43 Å². The van der Waals surface area contributed by atoms with Crippen LogP contribution in [-0.2, 0) is 4.74 Å². The number of hydrogen-bond acceptors (Lipinski definition) is 4. The number of phenolic OH excluding ortho intramolecular Hbond substituents is 1. The van der Waals surface area contributed by atoms with Gasteiger partial charge in [0.15, 0.2) is 0 Å². The highest BCUT2D eigenvalue weighted by molar-refractivity contribution is 9.11. The first-order chi connectivity index (χ1) is 8.45. The second-order valence-electron chi connectivity index (χ2n) is 3.31. The maximum absolute atomic E-state index is 11.1. The molecule has 2 N–H and O–H groups in total. The Balaban J connectivity index is 2.93. The summed E-state index contributed by atoms with van der Waals surface area (Å²) in [6.45, 7) is 3.64. The summed E-state index contributed by atoms with van der Waals surface area (Å²) in [4.78, 5) is 11.1. The Labute approximate surface area is 121 Å². The smallest absolute Gasteiger partial charge is 0.427 e. The number of phenols is 1. The zero-order valence-corrected chi connectivity index (χ0v) is 13.0. The molecule has 0 aliphatic carbocycles. The van der Waals surface area contributed by atoms with E-state index < -0.39 is 6.09 Å². The van der Waals surface area contributed by atoms with Crippen LogP contribution in [0.2, 0.25) is 0 Å². The lowest BCUT2D eigenvalue weighted by molar-refractivity contribution is 0.152. The van der Waals surface area contributed by atoms with Crippen molar-refractivity contribution < 1.29 is 14.6 Å². The summed E-state index contributed by atoms with van der Waals surface area (Å²) in [5.74, 6) is 0.0603. The molecule has 0 bridgehead atoms.